The van der Waals surface area contributed by atoms with Gasteiger partial charge in [0.15, 0.2) is 29.0 Å². The van der Waals surface area contributed by atoms with Crippen LogP contribution < -0.4 is 29.6 Å². The van der Waals surface area contributed by atoms with Crippen molar-refractivity contribution in [1.29, 1.82) is 0 Å². The zero-order valence-electron chi connectivity index (χ0n) is 17.0. The lowest BCUT2D eigenvalue weighted by Gasteiger charge is -2.13. The van der Waals surface area contributed by atoms with E-state index in [-0.39, 0.29) is 24.0 Å². The molecular weight excluding hydrogens is 485 g/mol. The summed E-state index contributed by atoms with van der Waals surface area (Å²) in [5.74, 6) is 3.88. The topological polar surface area (TPSA) is 73.3 Å². The third kappa shape index (κ3) is 6.31. The highest BCUT2D eigenvalue weighted by atomic mass is 127. The molecule has 0 fully saturated rings. The second-order valence-corrected chi connectivity index (χ2v) is 6.30. The van der Waals surface area contributed by atoms with Crippen molar-refractivity contribution in [3.05, 3.63) is 47.5 Å². The monoisotopic (exact) mass is 513 g/mol. The molecule has 1 heterocycles. The Kier molecular flexibility index (Phi) is 9.17. The van der Waals surface area contributed by atoms with Crippen LogP contribution in [-0.2, 0) is 12.8 Å². The normalized spacial score (nSPS) is 12.2. The molecule has 1 aliphatic heterocycles. The Morgan fingerprint density at radius 1 is 0.897 bits per heavy atom. The highest BCUT2D eigenvalue weighted by molar-refractivity contribution is 14.0. The third-order valence-corrected chi connectivity index (χ3v) is 4.52. The average molecular weight is 513 g/mol. The third-order valence-electron chi connectivity index (χ3n) is 4.52. The number of ether oxygens (including phenoxy) is 4. The molecule has 8 heteroatoms. The Labute approximate surface area is 188 Å². The summed E-state index contributed by atoms with van der Waals surface area (Å²) >= 11 is 0. The fourth-order valence-corrected chi connectivity index (χ4v) is 3.00. The van der Waals surface area contributed by atoms with Gasteiger partial charge in [-0.25, -0.2) is 0 Å². The molecule has 0 bridgehead atoms. The maximum atomic E-state index is 5.42. The first-order chi connectivity index (χ1) is 13.7. The van der Waals surface area contributed by atoms with Gasteiger partial charge in [0.1, 0.15) is 0 Å². The van der Waals surface area contributed by atoms with Crippen molar-refractivity contribution >= 4 is 29.9 Å². The summed E-state index contributed by atoms with van der Waals surface area (Å²) in [5, 5.41) is 6.67. The van der Waals surface area contributed by atoms with Crippen LogP contribution in [0.1, 0.15) is 11.1 Å². The minimum Gasteiger partial charge on any atom is -0.493 e. The molecule has 0 atom stereocenters. The molecule has 2 aromatic carbocycles. The van der Waals surface area contributed by atoms with E-state index < -0.39 is 0 Å². The molecule has 0 saturated heterocycles. The Morgan fingerprint density at radius 2 is 1.52 bits per heavy atom. The molecule has 0 spiro atoms. The van der Waals surface area contributed by atoms with Crippen molar-refractivity contribution in [2.24, 2.45) is 4.99 Å². The number of halogens is 1. The Hall–Kier alpha value is -2.36. The van der Waals surface area contributed by atoms with Gasteiger partial charge in [0.2, 0.25) is 6.79 Å². The van der Waals surface area contributed by atoms with Crippen molar-refractivity contribution in [1.82, 2.24) is 10.6 Å². The summed E-state index contributed by atoms with van der Waals surface area (Å²) in [5.41, 5.74) is 2.36. The second-order valence-electron chi connectivity index (χ2n) is 6.30. The number of aliphatic imine (C=N–C) groups is 1. The molecule has 2 aromatic rings. The summed E-state index contributed by atoms with van der Waals surface area (Å²) in [6.45, 7) is 1.84. The number of methoxy groups -OCH3 is 2. The van der Waals surface area contributed by atoms with E-state index >= 15 is 0 Å². The molecule has 2 N–H and O–H groups in total. The summed E-state index contributed by atoms with van der Waals surface area (Å²) < 4.78 is 21.4. The standard InChI is InChI=1S/C21H27N3O4.HI/c1-22-21(23-10-8-15-4-6-17(25-2)19(12-15)26-3)24-11-9-16-5-7-18-20(13-16)28-14-27-18;/h4-7,12-13H,8-11,14H2,1-3H3,(H2,22,23,24);1H. The molecular formula is C21H28IN3O4. The van der Waals surface area contributed by atoms with Crippen LogP contribution in [0.3, 0.4) is 0 Å². The van der Waals surface area contributed by atoms with E-state index in [9.17, 15) is 0 Å². The van der Waals surface area contributed by atoms with E-state index in [1.54, 1.807) is 21.3 Å². The van der Waals surface area contributed by atoms with Crippen LogP contribution in [0.25, 0.3) is 0 Å². The first-order valence-corrected chi connectivity index (χ1v) is 9.27. The fraction of sp³-hybridized carbons (Fsp3) is 0.381. The van der Waals surface area contributed by atoms with Crippen molar-refractivity contribution in [2.45, 2.75) is 12.8 Å². The lowest BCUT2D eigenvalue weighted by Crippen LogP contribution is -2.39. The van der Waals surface area contributed by atoms with E-state index in [1.165, 1.54) is 11.1 Å². The maximum Gasteiger partial charge on any atom is 0.231 e. The highest BCUT2D eigenvalue weighted by Gasteiger charge is 2.13. The molecule has 0 saturated carbocycles. The molecule has 7 nitrogen and oxygen atoms in total. The van der Waals surface area contributed by atoms with Gasteiger partial charge < -0.3 is 29.6 Å². The number of hydrogen-bond acceptors (Lipinski definition) is 5. The van der Waals surface area contributed by atoms with Gasteiger partial charge in [0.25, 0.3) is 0 Å². The lowest BCUT2D eigenvalue weighted by molar-refractivity contribution is 0.174. The summed E-state index contributed by atoms with van der Waals surface area (Å²) in [6, 6.07) is 12.0. The SMILES string of the molecule is CN=C(NCCc1ccc(OC)c(OC)c1)NCCc1ccc2c(c1)OCO2.I. The van der Waals surface area contributed by atoms with E-state index in [0.29, 0.717) is 6.79 Å². The Balaban J connectivity index is 0.00000300. The highest BCUT2D eigenvalue weighted by Crippen LogP contribution is 2.32. The van der Waals surface area contributed by atoms with Crippen LogP contribution in [0.4, 0.5) is 0 Å². The minimum absolute atomic E-state index is 0. The molecule has 0 unspecified atom stereocenters. The molecule has 0 aromatic heterocycles. The number of rotatable bonds is 8. The number of guanidine groups is 1. The van der Waals surface area contributed by atoms with Gasteiger partial charge in [-0.05, 0) is 48.2 Å². The predicted molar refractivity (Wildman–Crippen MR) is 124 cm³/mol. The summed E-state index contributed by atoms with van der Waals surface area (Å²) in [4.78, 5) is 4.27. The van der Waals surface area contributed by atoms with Crippen molar-refractivity contribution in [3.63, 3.8) is 0 Å². The zero-order valence-corrected chi connectivity index (χ0v) is 19.3. The van der Waals surface area contributed by atoms with E-state index in [4.69, 9.17) is 18.9 Å². The smallest absolute Gasteiger partial charge is 0.231 e. The van der Waals surface area contributed by atoms with Gasteiger partial charge in [-0.15, -0.1) is 24.0 Å². The van der Waals surface area contributed by atoms with E-state index in [1.807, 2.05) is 30.3 Å². The Bertz CT molecular complexity index is 830. The number of nitrogens with one attached hydrogen (secondary N) is 2. The summed E-state index contributed by atoms with van der Waals surface area (Å²) in [7, 11) is 5.05. The summed E-state index contributed by atoms with van der Waals surface area (Å²) in [6.07, 6.45) is 1.72. The van der Waals surface area contributed by atoms with Crippen molar-refractivity contribution in [2.75, 3.05) is 41.1 Å². The zero-order chi connectivity index (χ0) is 19.8. The number of fused-ring (bicyclic) bond motifs is 1. The first kappa shape index (κ1) is 22.9. The van der Waals surface area contributed by atoms with Crippen LogP contribution in [0.2, 0.25) is 0 Å². The van der Waals surface area contributed by atoms with Crippen molar-refractivity contribution in [3.8, 4) is 23.0 Å². The molecule has 29 heavy (non-hydrogen) atoms. The van der Waals surface area contributed by atoms with Gasteiger partial charge >= 0.3 is 0 Å². The van der Waals surface area contributed by atoms with Crippen LogP contribution in [-0.4, -0.2) is 47.1 Å². The van der Waals surface area contributed by atoms with Crippen molar-refractivity contribution < 1.29 is 18.9 Å². The predicted octanol–water partition coefficient (Wildman–Crippen LogP) is 3.00. The minimum atomic E-state index is 0. The fourth-order valence-electron chi connectivity index (χ4n) is 3.00. The molecule has 0 aliphatic carbocycles. The molecule has 158 valence electrons. The lowest BCUT2D eigenvalue weighted by atomic mass is 10.1. The number of nitrogens with zero attached hydrogens (tertiary/aromatic N) is 1. The second kappa shape index (κ2) is 11.6. The first-order valence-electron chi connectivity index (χ1n) is 9.27. The largest absolute Gasteiger partial charge is 0.493 e. The van der Waals surface area contributed by atoms with E-state index in [0.717, 1.165) is 54.9 Å². The van der Waals surface area contributed by atoms with Gasteiger partial charge in [-0.1, -0.05) is 12.1 Å². The molecule has 0 amide bonds. The maximum absolute atomic E-state index is 5.42. The number of benzene rings is 2. The van der Waals surface area contributed by atoms with Crippen LogP contribution in [0.15, 0.2) is 41.4 Å². The van der Waals surface area contributed by atoms with Gasteiger partial charge in [-0.2, -0.15) is 0 Å². The van der Waals surface area contributed by atoms with Gasteiger partial charge in [0.05, 0.1) is 14.2 Å². The van der Waals surface area contributed by atoms with Crippen LogP contribution in [0, 0.1) is 0 Å². The van der Waals surface area contributed by atoms with Crippen LogP contribution in [0.5, 0.6) is 23.0 Å². The molecule has 1 aliphatic rings. The van der Waals surface area contributed by atoms with Gasteiger partial charge in [-0.3, -0.25) is 4.99 Å². The quantitative estimate of drug-likeness (QED) is 0.321. The average Bonchev–Trinajstić information content (AvgIpc) is 3.20. The van der Waals surface area contributed by atoms with Crippen LogP contribution >= 0.6 is 24.0 Å². The molecule has 0 radical (unpaired) electrons. The number of hydrogen-bond donors (Lipinski definition) is 2. The van der Waals surface area contributed by atoms with Gasteiger partial charge in [0, 0.05) is 20.1 Å². The molecule has 3 rings (SSSR count). The Morgan fingerprint density at radius 3 is 2.17 bits per heavy atom. The van der Waals surface area contributed by atoms with E-state index in [2.05, 4.69) is 21.7 Å².